The average Bonchev–Trinajstić information content (AvgIpc) is 3.09. The molecule has 0 radical (unpaired) electrons. The van der Waals surface area contributed by atoms with Gasteiger partial charge in [-0.1, -0.05) is 30.5 Å². The largest absolute Gasteiger partial charge is 0.479 e. The molecule has 1 N–H and O–H groups in total. The number of rotatable bonds is 9. The molecule has 1 aromatic rings. The molecule has 0 aromatic heterocycles. The van der Waals surface area contributed by atoms with Gasteiger partial charge in [0.15, 0.2) is 12.1 Å². The number of aliphatic imine (C=N–C) groups is 1. The Morgan fingerprint density at radius 3 is 2.72 bits per heavy atom. The Morgan fingerprint density at radius 2 is 2.07 bits per heavy atom. The van der Waals surface area contributed by atoms with Crippen LogP contribution in [0.4, 0.5) is 0 Å². The molecule has 0 saturated carbocycles. The molecule has 1 fully saturated rings. The SMILES string of the molecule is C=C(CCl)C(C(=O)O)N1C(=O)C2N=C(CCc3cccc(OC(=O)CCl)c3)SC21. The number of hydrogen-bond acceptors (Lipinski definition) is 6. The van der Waals surface area contributed by atoms with Gasteiger partial charge in [-0.2, -0.15) is 0 Å². The van der Waals surface area contributed by atoms with Crippen LogP contribution in [-0.2, 0) is 20.8 Å². The van der Waals surface area contributed by atoms with E-state index < -0.39 is 24.0 Å². The van der Waals surface area contributed by atoms with Gasteiger partial charge in [-0.3, -0.25) is 14.6 Å². The number of nitrogens with zero attached hydrogens (tertiary/aromatic N) is 2. The van der Waals surface area contributed by atoms with Crippen molar-refractivity contribution in [3.63, 3.8) is 0 Å². The van der Waals surface area contributed by atoms with Gasteiger partial charge in [-0.25, -0.2) is 4.79 Å². The average molecular weight is 457 g/mol. The summed E-state index contributed by atoms with van der Waals surface area (Å²) in [4.78, 5) is 41.0. The molecule has 3 atom stereocenters. The van der Waals surface area contributed by atoms with E-state index in [2.05, 4.69) is 11.6 Å². The maximum Gasteiger partial charge on any atom is 0.330 e. The van der Waals surface area contributed by atoms with E-state index >= 15 is 0 Å². The lowest BCUT2D eigenvalue weighted by Crippen LogP contribution is -2.66. The van der Waals surface area contributed by atoms with Crippen LogP contribution in [0.5, 0.6) is 5.75 Å². The number of ether oxygens (including phenoxy) is 1. The molecule has 1 amide bonds. The molecular formula is C19H18Cl2N2O5S. The number of fused-ring (bicyclic) bond motifs is 1. The Morgan fingerprint density at radius 1 is 1.31 bits per heavy atom. The van der Waals surface area contributed by atoms with Crippen molar-refractivity contribution in [3.05, 3.63) is 42.0 Å². The molecular weight excluding hydrogens is 439 g/mol. The van der Waals surface area contributed by atoms with Crippen molar-refractivity contribution in [2.45, 2.75) is 30.3 Å². The maximum absolute atomic E-state index is 12.4. The number of carboxylic acids is 1. The van der Waals surface area contributed by atoms with Gasteiger partial charge in [-0.05, 0) is 36.1 Å². The summed E-state index contributed by atoms with van der Waals surface area (Å²) in [6.07, 6.45) is 1.21. The van der Waals surface area contributed by atoms with Gasteiger partial charge in [0.2, 0.25) is 0 Å². The third-order valence-corrected chi connectivity index (χ3v) is 6.40. The smallest absolute Gasteiger partial charge is 0.330 e. The van der Waals surface area contributed by atoms with Gasteiger partial charge in [0.1, 0.15) is 17.0 Å². The van der Waals surface area contributed by atoms with E-state index in [1.165, 1.54) is 16.7 Å². The lowest BCUT2D eigenvalue weighted by Gasteiger charge is -2.44. The second-order valence-electron chi connectivity index (χ2n) is 6.51. The van der Waals surface area contributed by atoms with Crippen molar-refractivity contribution < 1.29 is 24.2 Å². The van der Waals surface area contributed by atoms with Crippen LogP contribution in [0, 0.1) is 0 Å². The third-order valence-electron chi connectivity index (χ3n) is 4.53. The number of hydrogen-bond donors (Lipinski definition) is 1. The van der Waals surface area contributed by atoms with Gasteiger partial charge < -0.3 is 14.7 Å². The minimum Gasteiger partial charge on any atom is -0.479 e. The van der Waals surface area contributed by atoms with Crippen molar-refractivity contribution in [2.24, 2.45) is 4.99 Å². The fraction of sp³-hybridized carbons (Fsp3) is 0.368. The molecule has 7 nitrogen and oxygen atoms in total. The van der Waals surface area contributed by atoms with Gasteiger partial charge >= 0.3 is 11.9 Å². The molecule has 2 aliphatic rings. The quantitative estimate of drug-likeness (QED) is 0.201. The number of amides is 1. The Bertz CT molecular complexity index is 891. The fourth-order valence-corrected chi connectivity index (χ4v) is 4.69. The summed E-state index contributed by atoms with van der Waals surface area (Å²) in [5.41, 5.74) is 1.21. The Balaban J connectivity index is 1.61. The third kappa shape index (κ3) is 4.60. The van der Waals surface area contributed by atoms with E-state index in [0.29, 0.717) is 18.6 Å². The van der Waals surface area contributed by atoms with Gasteiger partial charge in [0, 0.05) is 5.88 Å². The number of aliphatic carboxylic acids is 1. The second-order valence-corrected chi connectivity index (χ2v) is 8.23. The highest BCUT2D eigenvalue weighted by molar-refractivity contribution is 8.14. The number of benzene rings is 1. The first-order valence-corrected chi connectivity index (χ1v) is 10.7. The highest BCUT2D eigenvalue weighted by Crippen LogP contribution is 2.42. The molecule has 1 aromatic carbocycles. The second kappa shape index (κ2) is 9.19. The van der Waals surface area contributed by atoms with Crippen LogP contribution < -0.4 is 4.74 Å². The number of alkyl halides is 2. The van der Waals surface area contributed by atoms with Crippen LogP contribution >= 0.6 is 35.0 Å². The number of carboxylic acid groups (broad SMARTS) is 1. The molecule has 2 aliphatic heterocycles. The lowest BCUT2D eigenvalue weighted by molar-refractivity contribution is -0.157. The first-order valence-electron chi connectivity index (χ1n) is 8.73. The summed E-state index contributed by atoms with van der Waals surface area (Å²) < 4.78 is 5.10. The normalized spacial score (nSPS) is 21.1. The summed E-state index contributed by atoms with van der Waals surface area (Å²) in [6, 6.07) is 5.40. The molecule has 29 heavy (non-hydrogen) atoms. The number of carbonyl (C=O) groups excluding carboxylic acids is 2. The predicted molar refractivity (Wildman–Crippen MR) is 112 cm³/mol. The highest BCUT2D eigenvalue weighted by Gasteiger charge is 2.56. The van der Waals surface area contributed by atoms with Gasteiger partial charge in [0.05, 0.1) is 5.04 Å². The predicted octanol–water partition coefficient (Wildman–Crippen LogP) is 2.69. The summed E-state index contributed by atoms with van der Waals surface area (Å²) in [6.45, 7) is 3.68. The van der Waals surface area contributed by atoms with E-state index in [9.17, 15) is 19.5 Å². The zero-order valence-electron chi connectivity index (χ0n) is 15.2. The minimum absolute atomic E-state index is 0.0405. The van der Waals surface area contributed by atoms with Crippen LogP contribution in [0.25, 0.3) is 0 Å². The molecule has 0 bridgehead atoms. The van der Waals surface area contributed by atoms with Gasteiger partial charge in [-0.15, -0.1) is 23.2 Å². The van der Waals surface area contributed by atoms with E-state index in [0.717, 1.165) is 10.6 Å². The molecule has 2 heterocycles. The van der Waals surface area contributed by atoms with Crippen molar-refractivity contribution in [3.8, 4) is 5.75 Å². The highest BCUT2D eigenvalue weighted by atomic mass is 35.5. The van der Waals surface area contributed by atoms with E-state index in [1.807, 2.05) is 6.07 Å². The summed E-state index contributed by atoms with van der Waals surface area (Å²) >= 11 is 12.6. The van der Waals surface area contributed by atoms with Crippen molar-refractivity contribution in [2.75, 3.05) is 11.8 Å². The van der Waals surface area contributed by atoms with Crippen LogP contribution in [-0.4, -0.2) is 62.1 Å². The van der Waals surface area contributed by atoms with E-state index in [1.54, 1.807) is 18.2 Å². The summed E-state index contributed by atoms with van der Waals surface area (Å²) in [7, 11) is 0. The van der Waals surface area contributed by atoms with Crippen molar-refractivity contribution in [1.82, 2.24) is 4.90 Å². The molecule has 154 valence electrons. The van der Waals surface area contributed by atoms with Crippen molar-refractivity contribution in [1.29, 1.82) is 0 Å². The van der Waals surface area contributed by atoms with E-state index in [-0.39, 0.29) is 28.6 Å². The molecule has 1 saturated heterocycles. The topological polar surface area (TPSA) is 96.3 Å². The minimum atomic E-state index is -1.15. The van der Waals surface area contributed by atoms with Crippen LogP contribution in [0.15, 0.2) is 41.4 Å². The number of aryl methyl sites for hydroxylation is 1. The molecule has 3 unspecified atom stereocenters. The zero-order chi connectivity index (χ0) is 21.1. The fourth-order valence-electron chi connectivity index (χ4n) is 3.17. The van der Waals surface area contributed by atoms with Crippen molar-refractivity contribution >= 4 is 57.9 Å². The number of esters is 1. The van der Waals surface area contributed by atoms with E-state index in [4.69, 9.17) is 27.9 Å². The lowest BCUT2D eigenvalue weighted by atomic mass is 10.00. The Kier molecular flexibility index (Phi) is 6.87. The zero-order valence-corrected chi connectivity index (χ0v) is 17.5. The Hall–Kier alpha value is -2.03. The number of halogens is 2. The standard InChI is InChI=1S/C19H18Cl2N2O5S/c1-10(8-20)16(19(26)27)23-17(25)15-18(23)29-13(22-15)6-5-11-3-2-4-12(7-11)28-14(24)9-21/h2-4,7,15-16,18H,1,5-6,8-9H2,(H,26,27). The molecule has 3 rings (SSSR count). The Labute approximate surface area is 181 Å². The van der Waals surface area contributed by atoms with Crippen LogP contribution in [0.2, 0.25) is 0 Å². The summed E-state index contributed by atoms with van der Waals surface area (Å²) in [5.74, 6) is -1.86. The molecule has 10 heteroatoms. The first kappa shape index (κ1) is 21.7. The maximum atomic E-state index is 12.4. The molecule has 0 spiro atoms. The number of thioether (sulfide) groups is 1. The number of β-lactam (4-membered cyclic amide) rings is 1. The van der Waals surface area contributed by atoms with Crippen LogP contribution in [0.1, 0.15) is 12.0 Å². The molecule has 0 aliphatic carbocycles. The monoisotopic (exact) mass is 456 g/mol. The first-order chi connectivity index (χ1) is 13.8. The van der Waals surface area contributed by atoms with Gasteiger partial charge in [0.25, 0.3) is 5.91 Å². The summed E-state index contributed by atoms with van der Waals surface area (Å²) in [5, 5.41) is 9.89. The van der Waals surface area contributed by atoms with Crippen LogP contribution in [0.3, 0.4) is 0 Å². The number of likely N-dealkylation sites (tertiary alicyclic amines) is 1. The number of carbonyl (C=O) groups is 3.